The summed E-state index contributed by atoms with van der Waals surface area (Å²) in [6.45, 7) is 2.22. The van der Waals surface area contributed by atoms with Gasteiger partial charge in [0.1, 0.15) is 0 Å². The lowest BCUT2D eigenvalue weighted by atomic mass is 9.93. The molecule has 0 bridgehead atoms. The first-order valence-corrected chi connectivity index (χ1v) is 6.20. The molecule has 0 N–H and O–H groups in total. The molecule has 2 aromatic carbocycles. The van der Waals surface area contributed by atoms with Crippen LogP contribution >= 0.6 is 11.6 Å². The minimum atomic E-state index is 0.376. The van der Waals surface area contributed by atoms with E-state index >= 15 is 0 Å². The molecule has 0 aliphatic heterocycles. The summed E-state index contributed by atoms with van der Waals surface area (Å²) in [6, 6.07) is 16.6. The van der Waals surface area contributed by atoms with Gasteiger partial charge in [-0.05, 0) is 28.3 Å². The molecule has 0 nitrogen and oxygen atoms in total. The molecule has 1 aliphatic carbocycles. The first-order chi connectivity index (χ1) is 8.27. The van der Waals surface area contributed by atoms with Crippen LogP contribution in [-0.2, 0) is 0 Å². The van der Waals surface area contributed by atoms with Crippen molar-refractivity contribution < 1.29 is 0 Å². The SMILES string of the molecule is CC1C(c2ccccc2)=Cc2cccc(Cl)c21. The Kier molecular flexibility index (Phi) is 2.53. The quantitative estimate of drug-likeness (QED) is 0.658. The maximum absolute atomic E-state index is 6.28. The Hall–Kier alpha value is -1.53. The monoisotopic (exact) mass is 240 g/mol. The van der Waals surface area contributed by atoms with Crippen LogP contribution in [0.15, 0.2) is 48.5 Å². The van der Waals surface area contributed by atoms with Crippen LogP contribution in [0.25, 0.3) is 11.6 Å². The topological polar surface area (TPSA) is 0 Å². The molecule has 1 aliphatic rings. The van der Waals surface area contributed by atoms with Crippen LogP contribution in [0, 0.1) is 0 Å². The molecular weight excluding hydrogens is 228 g/mol. The van der Waals surface area contributed by atoms with E-state index < -0.39 is 0 Å². The van der Waals surface area contributed by atoms with E-state index in [1.165, 1.54) is 22.3 Å². The van der Waals surface area contributed by atoms with E-state index in [2.05, 4.69) is 43.3 Å². The third kappa shape index (κ3) is 1.69. The van der Waals surface area contributed by atoms with Gasteiger partial charge in [0, 0.05) is 10.9 Å². The Morgan fingerprint density at radius 3 is 2.41 bits per heavy atom. The first-order valence-electron chi connectivity index (χ1n) is 5.83. The fourth-order valence-electron chi connectivity index (χ4n) is 2.55. The highest BCUT2D eigenvalue weighted by molar-refractivity contribution is 6.32. The summed E-state index contributed by atoms with van der Waals surface area (Å²) in [5.74, 6) is 0.376. The smallest absolute Gasteiger partial charge is 0.0450 e. The zero-order valence-corrected chi connectivity index (χ0v) is 10.4. The van der Waals surface area contributed by atoms with Crippen LogP contribution in [0.1, 0.15) is 29.5 Å². The number of rotatable bonds is 1. The van der Waals surface area contributed by atoms with Gasteiger partial charge in [-0.2, -0.15) is 0 Å². The van der Waals surface area contributed by atoms with Crippen LogP contribution in [0.3, 0.4) is 0 Å². The fourth-order valence-corrected chi connectivity index (χ4v) is 2.89. The Morgan fingerprint density at radius 1 is 0.941 bits per heavy atom. The molecule has 0 saturated heterocycles. The van der Waals surface area contributed by atoms with Gasteiger partial charge in [-0.25, -0.2) is 0 Å². The van der Waals surface area contributed by atoms with E-state index in [9.17, 15) is 0 Å². The summed E-state index contributed by atoms with van der Waals surface area (Å²) >= 11 is 6.28. The van der Waals surface area contributed by atoms with E-state index in [-0.39, 0.29) is 0 Å². The third-order valence-electron chi connectivity index (χ3n) is 3.40. The number of allylic oxidation sites excluding steroid dienone is 1. The van der Waals surface area contributed by atoms with E-state index in [1.807, 2.05) is 18.2 Å². The molecule has 17 heavy (non-hydrogen) atoms. The minimum absolute atomic E-state index is 0.376. The summed E-state index contributed by atoms with van der Waals surface area (Å²) in [7, 11) is 0. The highest BCUT2D eigenvalue weighted by atomic mass is 35.5. The van der Waals surface area contributed by atoms with Crippen molar-refractivity contribution >= 4 is 23.3 Å². The number of benzene rings is 2. The largest absolute Gasteiger partial charge is 0.0840 e. The van der Waals surface area contributed by atoms with Crippen molar-refractivity contribution in [3.63, 3.8) is 0 Å². The normalized spacial score (nSPS) is 17.8. The van der Waals surface area contributed by atoms with Crippen molar-refractivity contribution in [1.82, 2.24) is 0 Å². The second-order valence-corrected chi connectivity index (χ2v) is 4.84. The molecule has 1 unspecified atom stereocenters. The van der Waals surface area contributed by atoms with Crippen molar-refractivity contribution in [2.45, 2.75) is 12.8 Å². The molecule has 0 saturated carbocycles. The van der Waals surface area contributed by atoms with Crippen molar-refractivity contribution in [2.24, 2.45) is 0 Å². The Balaban J connectivity index is 2.11. The van der Waals surface area contributed by atoms with E-state index in [0.29, 0.717) is 5.92 Å². The Morgan fingerprint density at radius 2 is 1.71 bits per heavy atom. The molecule has 3 rings (SSSR count). The predicted molar refractivity (Wildman–Crippen MR) is 74.2 cm³/mol. The molecule has 0 amide bonds. The molecule has 84 valence electrons. The Bertz CT molecular complexity index is 582. The highest BCUT2D eigenvalue weighted by Crippen LogP contribution is 2.44. The van der Waals surface area contributed by atoms with Crippen LogP contribution in [0.2, 0.25) is 5.02 Å². The molecule has 0 fully saturated rings. The third-order valence-corrected chi connectivity index (χ3v) is 3.73. The van der Waals surface area contributed by atoms with Gasteiger partial charge in [-0.3, -0.25) is 0 Å². The number of halogens is 1. The van der Waals surface area contributed by atoms with Crippen LogP contribution in [0.5, 0.6) is 0 Å². The van der Waals surface area contributed by atoms with Crippen molar-refractivity contribution in [1.29, 1.82) is 0 Å². The average Bonchev–Trinajstić information content (AvgIpc) is 2.69. The lowest BCUT2D eigenvalue weighted by Gasteiger charge is -2.12. The molecule has 0 radical (unpaired) electrons. The second-order valence-electron chi connectivity index (χ2n) is 4.43. The molecule has 0 aromatic heterocycles. The Labute approximate surface area is 107 Å². The zero-order chi connectivity index (χ0) is 11.8. The van der Waals surface area contributed by atoms with E-state index in [0.717, 1.165) is 5.02 Å². The lowest BCUT2D eigenvalue weighted by molar-refractivity contribution is 1.01. The average molecular weight is 241 g/mol. The molecule has 1 heteroatoms. The first kappa shape index (κ1) is 10.6. The van der Waals surface area contributed by atoms with Gasteiger partial charge in [0.05, 0.1) is 0 Å². The van der Waals surface area contributed by atoms with Crippen molar-refractivity contribution in [3.8, 4) is 0 Å². The second kappa shape index (κ2) is 4.05. The molecule has 0 heterocycles. The van der Waals surface area contributed by atoms with Gasteiger partial charge >= 0.3 is 0 Å². The van der Waals surface area contributed by atoms with Crippen molar-refractivity contribution in [2.75, 3.05) is 0 Å². The van der Waals surface area contributed by atoms with E-state index in [4.69, 9.17) is 11.6 Å². The van der Waals surface area contributed by atoms with Crippen LogP contribution < -0.4 is 0 Å². The number of hydrogen-bond donors (Lipinski definition) is 0. The molecule has 1 atom stereocenters. The van der Waals surface area contributed by atoms with Gasteiger partial charge in [-0.1, -0.05) is 67.1 Å². The lowest BCUT2D eigenvalue weighted by Crippen LogP contribution is -1.94. The molecular formula is C16H13Cl. The van der Waals surface area contributed by atoms with E-state index in [1.54, 1.807) is 0 Å². The van der Waals surface area contributed by atoms with Gasteiger partial charge in [-0.15, -0.1) is 0 Å². The van der Waals surface area contributed by atoms with Crippen LogP contribution in [-0.4, -0.2) is 0 Å². The van der Waals surface area contributed by atoms with Gasteiger partial charge < -0.3 is 0 Å². The standard InChI is InChI=1S/C16H13Cl/c1-11-14(12-6-3-2-4-7-12)10-13-8-5-9-15(17)16(11)13/h2-11H,1H3. The summed E-state index contributed by atoms with van der Waals surface area (Å²) in [5, 5.41) is 0.872. The van der Waals surface area contributed by atoms with Crippen molar-refractivity contribution in [3.05, 3.63) is 70.2 Å². The zero-order valence-electron chi connectivity index (χ0n) is 9.65. The van der Waals surface area contributed by atoms with Gasteiger partial charge in [0.2, 0.25) is 0 Å². The molecule has 2 aromatic rings. The summed E-state index contributed by atoms with van der Waals surface area (Å²) in [5.41, 5.74) is 5.15. The fraction of sp³-hybridized carbons (Fsp3) is 0.125. The minimum Gasteiger partial charge on any atom is -0.0840 e. The van der Waals surface area contributed by atoms with Gasteiger partial charge in [0.15, 0.2) is 0 Å². The highest BCUT2D eigenvalue weighted by Gasteiger charge is 2.24. The summed E-state index contributed by atoms with van der Waals surface area (Å²) in [6.07, 6.45) is 2.25. The number of hydrogen-bond acceptors (Lipinski definition) is 0. The maximum Gasteiger partial charge on any atom is 0.0450 e. The maximum atomic E-state index is 6.28. The molecule has 0 spiro atoms. The summed E-state index contributed by atoms with van der Waals surface area (Å²) in [4.78, 5) is 0. The number of fused-ring (bicyclic) bond motifs is 1. The predicted octanol–water partition coefficient (Wildman–Crippen LogP) is 5.00. The van der Waals surface area contributed by atoms with Gasteiger partial charge in [0.25, 0.3) is 0 Å². The van der Waals surface area contributed by atoms with Crippen LogP contribution in [0.4, 0.5) is 0 Å². The summed E-state index contributed by atoms with van der Waals surface area (Å²) < 4.78 is 0.